The molecule has 0 radical (unpaired) electrons. The van der Waals surface area contributed by atoms with E-state index in [9.17, 15) is 18.0 Å². The largest absolute Gasteiger partial charge is 0.418 e. The zero-order valence-corrected chi connectivity index (χ0v) is 13.4. The molecule has 1 aliphatic rings. The minimum Gasteiger partial charge on any atom is -0.327 e. The highest BCUT2D eigenvalue weighted by molar-refractivity contribution is 5.90. The van der Waals surface area contributed by atoms with Crippen molar-refractivity contribution in [3.8, 4) is 0 Å². The van der Waals surface area contributed by atoms with Crippen LogP contribution in [0.2, 0.25) is 0 Å². The van der Waals surface area contributed by atoms with Crippen molar-refractivity contribution in [3.05, 3.63) is 29.8 Å². The number of hydrogen-bond donors (Lipinski definition) is 1. The molecule has 1 unspecified atom stereocenters. The molecule has 1 saturated heterocycles. The van der Waals surface area contributed by atoms with Crippen molar-refractivity contribution < 1.29 is 18.0 Å². The Labute approximate surface area is 134 Å². The van der Waals surface area contributed by atoms with Gasteiger partial charge in [0, 0.05) is 20.1 Å². The van der Waals surface area contributed by atoms with E-state index < -0.39 is 17.8 Å². The van der Waals surface area contributed by atoms with Crippen LogP contribution >= 0.6 is 0 Å². The van der Waals surface area contributed by atoms with Gasteiger partial charge < -0.3 is 15.1 Å². The third kappa shape index (κ3) is 4.86. The first-order chi connectivity index (χ1) is 10.8. The number of urea groups is 1. The molecule has 0 saturated carbocycles. The molecule has 2 amide bonds. The van der Waals surface area contributed by atoms with Gasteiger partial charge in [-0.05, 0) is 44.5 Å². The second-order valence-corrected chi connectivity index (χ2v) is 6.12. The minimum absolute atomic E-state index is 0.211. The Balaban J connectivity index is 1.99. The van der Waals surface area contributed by atoms with E-state index in [1.165, 1.54) is 23.1 Å². The van der Waals surface area contributed by atoms with Gasteiger partial charge in [-0.3, -0.25) is 0 Å². The first-order valence-corrected chi connectivity index (χ1v) is 7.64. The van der Waals surface area contributed by atoms with Crippen LogP contribution in [0.4, 0.5) is 23.7 Å². The quantitative estimate of drug-likeness (QED) is 0.921. The van der Waals surface area contributed by atoms with E-state index in [0.29, 0.717) is 12.5 Å². The first-order valence-electron chi connectivity index (χ1n) is 7.64. The Kier molecular flexibility index (Phi) is 5.51. The smallest absolute Gasteiger partial charge is 0.327 e. The second-order valence-electron chi connectivity index (χ2n) is 6.12. The van der Waals surface area contributed by atoms with Gasteiger partial charge in [0.2, 0.25) is 0 Å². The fourth-order valence-electron chi connectivity index (χ4n) is 2.94. The zero-order chi connectivity index (χ0) is 17.0. The molecule has 128 valence electrons. The number of piperidine rings is 1. The number of hydrogen-bond acceptors (Lipinski definition) is 2. The molecule has 1 N–H and O–H groups in total. The van der Waals surface area contributed by atoms with Gasteiger partial charge in [0.05, 0.1) is 11.3 Å². The highest BCUT2D eigenvalue weighted by atomic mass is 19.4. The molecule has 1 atom stereocenters. The van der Waals surface area contributed by atoms with Crippen LogP contribution < -0.4 is 5.32 Å². The number of likely N-dealkylation sites (tertiary alicyclic amines) is 1. The van der Waals surface area contributed by atoms with E-state index in [2.05, 4.69) is 10.2 Å². The predicted octanol–water partition coefficient (Wildman–Crippen LogP) is 3.51. The topological polar surface area (TPSA) is 35.6 Å². The fourth-order valence-corrected chi connectivity index (χ4v) is 2.94. The number of carbonyl (C=O) groups excluding carboxylic acids is 1. The average molecular weight is 329 g/mol. The molecule has 1 aromatic rings. The standard InChI is InChI=1S/C16H22F3N3O/c1-21-9-5-6-12(10-21)11-22(2)15(23)20-14-8-4-3-7-13(14)16(17,18)19/h3-4,7-8,12H,5-6,9-11H2,1-2H3,(H,20,23). The Hall–Kier alpha value is -1.76. The molecule has 0 bridgehead atoms. The van der Waals surface area contributed by atoms with Gasteiger partial charge in [-0.25, -0.2) is 4.79 Å². The number of alkyl halides is 3. The summed E-state index contributed by atoms with van der Waals surface area (Å²) in [5.41, 5.74) is -1.04. The lowest BCUT2D eigenvalue weighted by Gasteiger charge is -2.32. The Morgan fingerprint density at radius 2 is 2.09 bits per heavy atom. The molecule has 23 heavy (non-hydrogen) atoms. The van der Waals surface area contributed by atoms with Crippen LogP contribution in [0, 0.1) is 5.92 Å². The van der Waals surface area contributed by atoms with E-state index in [1.54, 1.807) is 7.05 Å². The van der Waals surface area contributed by atoms with Gasteiger partial charge in [0.15, 0.2) is 0 Å². The molecule has 1 aromatic carbocycles. The number of anilines is 1. The normalized spacial score (nSPS) is 19.4. The Morgan fingerprint density at radius 3 is 2.74 bits per heavy atom. The predicted molar refractivity (Wildman–Crippen MR) is 83.3 cm³/mol. The monoisotopic (exact) mass is 329 g/mol. The van der Waals surface area contributed by atoms with Crippen molar-refractivity contribution in [1.82, 2.24) is 9.80 Å². The lowest BCUT2D eigenvalue weighted by atomic mass is 9.98. The van der Waals surface area contributed by atoms with Crippen LogP contribution in [-0.2, 0) is 6.18 Å². The number of nitrogens with one attached hydrogen (secondary N) is 1. The van der Waals surface area contributed by atoms with E-state index in [0.717, 1.165) is 32.0 Å². The average Bonchev–Trinajstić information content (AvgIpc) is 2.46. The van der Waals surface area contributed by atoms with Crippen molar-refractivity contribution in [1.29, 1.82) is 0 Å². The van der Waals surface area contributed by atoms with Crippen molar-refractivity contribution >= 4 is 11.7 Å². The van der Waals surface area contributed by atoms with Crippen molar-refractivity contribution in [2.75, 3.05) is 39.0 Å². The summed E-state index contributed by atoms with van der Waals surface area (Å²) in [5, 5.41) is 2.37. The third-order valence-corrected chi connectivity index (χ3v) is 4.07. The Bertz CT molecular complexity index is 548. The summed E-state index contributed by atoms with van der Waals surface area (Å²) in [6, 6.07) is 4.49. The minimum atomic E-state index is -4.49. The molecule has 4 nitrogen and oxygen atoms in total. The molecule has 1 aliphatic heterocycles. The van der Waals surface area contributed by atoms with Crippen LogP contribution in [-0.4, -0.2) is 49.6 Å². The number of carbonyl (C=O) groups is 1. The van der Waals surface area contributed by atoms with E-state index in [4.69, 9.17) is 0 Å². The molecule has 0 aromatic heterocycles. The molecular formula is C16H22F3N3O. The van der Waals surface area contributed by atoms with Gasteiger partial charge in [-0.1, -0.05) is 12.1 Å². The first kappa shape index (κ1) is 17.6. The van der Waals surface area contributed by atoms with Crippen LogP contribution in [0.1, 0.15) is 18.4 Å². The van der Waals surface area contributed by atoms with Gasteiger partial charge in [0.25, 0.3) is 0 Å². The fraction of sp³-hybridized carbons (Fsp3) is 0.562. The molecule has 1 fully saturated rings. The van der Waals surface area contributed by atoms with Crippen molar-refractivity contribution in [2.45, 2.75) is 19.0 Å². The van der Waals surface area contributed by atoms with E-state index in [1.807, 2.05) is 7.05 Å². The summed E-state index contributed by atoms with van der Waals surface area (Å²) in [4.78, 5) is 15.8. The number of halogens is 3. The summed E-state index contributed by atoms with van der Waals surface area (Å²) in [7, 11) is 3.64. The van der Waals surface area contributed by atoms with Crippen molar-refractivity contribution in [3.63, 3.8) is 0 Å². The SMILES string of the molecule is CN1CCCC(CN(C)C(=O)Nc2ccccc2C(F)(F)F)C1. The van der Waals surface area contributed by atoms with E-state index in [-0.39, 0.29) is 5.69 Å². The molecular weight excluding hydrogens is 307 g/mol. The highest BCUT2D eigenvalue weighted by Gasteiger charge is 2.33. The van der Waals surface area contributed by atoms with Crippen LogP contribution in [0.25, 0.3) is 0 Å². The zero-order valence-electron chi connectivity index (χ0n) is 13.4. The van der Waals surface area contributed by atoms with Crippen LogP contribution in [0.5, 0.6) is 0 Å². The molecule has 1 heterocycles. The summed E-state index contributed by atoms with van der Waals surface area (Å²) >= 11 is 0. The lowest BCUT2D eigenvalue weighted by molar-refractivity contribution is -0.136. The number of nitrogens with zero attached hydrogens (tertiary/aromatic N) is 2. The highest BCUT2D eigenvalue weighted by Crippen LogP contribution is 2.34. The summed E-state index contributed by atoms with van der Waals surface area (Å²) < 4.78 is 38.8. The van der Waals surface area contributed by atoms with E-state index >= 15 is 0 Å². The maximum absolute atomic E-state index is 12.9. The van der Waals surface area contributed by atoms with Gasteiger partial charge in [-0.2, -0.15) is 13.2 Å². The summed E-state index contributed by atoms with van der Waals surface area (Å²) in [6.07, 6.45) is -2.39. The lowest BCUT2D eigenvalue weighted by Crippen LogP contribution is -2.41. The maximum Gasteiger partial charge on any atom is 0.418 e. The van der Waals surface area contributed by atoms with Gasteiger partial charge >= 0.3 is 12.2 Å². The molecule has 0 spiro atoms. The Morgan fingerprint density at radius 1 is 1.39 bits per heavy atom. The molecule has 2 rings (SSSR count). The third-order valence-electron chi connectivity index (χ3n) is 4.07. The second kappa shape index (κ2) is 7.21. The maximum atomic E-state index is 12.9. The molecule has 7 heteroatoms. The molecule has 0 aliphatic carbocycles. The van der Waals surface area contributed by atoms with Gasteiger partial charge in [0.1, 0.15) is 0 Å². The number of rotatable bonds is 3. The number of benzene rings is 1. The van der Waals surface area contributed by atoms with Crippen LogP contribution in [0.15, 0.2) is 24.3 Å². The van der Waals surface area contributed by atoms with Crippen molar-refractivity contribution in [2.24, 2.45) is 5.92 Å². The summed E-state index contributed by atoms with van der Waals surface area (Å²) in [6.45, 7) is 2.48. The van der Waals surface area contributed by atoms with Gasteiger partial charge in [-0.15, -0.1) is 0 Å². The number of amides is 2. The van der Waals surface area contributed by atoms with Crippen LogP contribution in [0.3, 0.4) is 0 Å². The number of para-hydroxylation sites is 1. The summed E-state index contributed by atoms with van der Waals surface area (Å²) in [5.74, 6) is 0.349.